The third-order valence-corrected chi connectivity index (χ3v) is 4.04. The predicted molar refractivity (Wildman–Crippen MR) is 66.7 cm³/mol. The van der Waals surface area contributed by atoms with E-state index in [0.717, 1.165) is 11.9 Å². The molecule has 2 heterocycles. The van der Waals surface area contributed by atoms with Crippen LogP contribution in [0.4, 0.5) is 0 Å². The third-order valence-electron chi connectivity index (χ3n) is 2.27. The van der Waals surface area contributed by atoms with E-state index in [4.69, 9.17) is 0 Å². The molecule has 1 aromatic carbocycles. The summed E-state index contributed by atoms with van der Waals surface area (Å²) >= 11 is 3.53. The first kappa shape index (κ1) is 9.07. The fraction of sp³-hybridized carbons (Fsp3) is 0.0833. The van der Waals surface area contributed by atoms with E-state index < -0.39 is 0 Å². The van der Waals surface area contributed by atoms with Crippen molar-refractivity contribution in [2.45, 2.75) is 6.42 Å². The lowest BCUT2D eigenvalue weighted by Crippen LogP contribution is -1.82. The molecule has 3 aromatic rings. The lowest BCUT2D eigenvalue weighted by atomic mass is 10.2. The summed E-state index contributed by atoms with van der Waals surface area (Å²) in [6.45, 7) is 0. The van der Waals surface area contributed by atoms with Crippen LogP contribution in [0.15, 0.2) is 41.1 Å². The Labute approximate surface area is 96.0 Å². The molecule has 3 heteroatoms. The minimum absolute atomic E-state index is 0.961. The van der Waals surface area contributed by atoms with Gasteiger partial charge in [-0.3, -0.25) is 0 Å². The zero-order valence-corrected chi connectivity index (χ0v) is 9.65. The van der Waals surface area contributed by atoms with Gasteiger partial charge in [-0.25, -0.2) is 4.98 Å². The maximum absolute atomic E-state index is 4.61. The number of para-hydroxylation sites is 1. The predicted octanol–water partition coefficient (Wildman–Crippen LogP) is 3.95. The molecule has 0 radical (unpaired) electrons. The van der Waals surface area contributed by atoms with Gasteiger partial charge in [0.2, 0.25) is 0 Å². The first-order valence-corrected chi connectivity index (χ1v) is 6.53. The van der Waals surface area contributed by atoms with Crippen LogP contribution in [0.25, 0.3) is 10.2 Å². The molecule has 3 rings (SSSR count). The van der Waals surface area contributed by atoms with E-state index in [-0.39, 0.29) is 0 Å². The van der Waals surface area contributed by atoms with Crippen LogP contribution in [0.3, 0.4) is 0 Å². The van der Waals surface area contributed by atoms with E-state index in [1.807, 2.05) is 6.07 Å². The van der Waals surface area contributed by atoms with Crippen LogP contribution in [0.5, 0.6) is 0 Å². The molecule has 74 valence electrons. The second kappa shape index (κ2) is 3.76. The standard InChI is InChI=1S/C12H9NS2/c1-2-4-11-10(3-1)13-12(15-11)7-9-5-6-14-8-9/h1-6,8H,7H2. The molecule has 0 fully saturated rings. The molecule has 1 nitrogen and oxygen atoms in total. The highest BCUT2D eigenvalue weighted by Gasteiger charge is 2.03. The van der Waals surface area contributed by atoms with Crippen LogP contribution in [-0.4, -0.2) is 4.98 Å². The number of benzene rings is 1. The molecule has 0 amide bonds. The van der Waals surface area contributed by atoms with E-state index >= 15 is 0 Å². The van der Waals surface area contributed by atoms with E-state index in [1.165, 1.54) is 15.3 Å². The number of hydrogen-bond acceptors (Lipinski definition) is 3. The summed E-state index contributed by atoms with van der Waals surface area (Å²) in [6, 6.07) is 10.5. The van der Waals surface area contributed by atoms with E-state index in [0.29, 0.717) is 0 Å². The van der Waals surface area contributed by atoms with Crippen molar-refractivity contribution in [3.05, 3.63) is 51.7 Å². The Morgan fingerprint density at radius 1 is 1.13 bits per heavy atom. The van der Waals surface area contributed by atoms with Crippen molar-refractivity contribution in [1.82, 2.24) is 4.98 Å². The van der Waals surface area contributed by atoms with Gasteiger partial charge in [-0.1, -0.05) is 12.1 Å². The summed E-state index contributed by atoms with van der Waals surface area (Å²) in [5, 5.41) is 5.50. The normalized spacial score (nSPS) is 10.9. The molecule has 0 aliphatic heterocycles. The maximum Gasteiger partial charge on any atom is 0.0982 e. The van der Waals surface area contributed by atoms with Gasteiger partial charge in [-0.15, -0.1) is 11.3 Å². The summed E-state index contributed by atoms with van der Waals surface area (Å²) in [7, 11) is 0. The lowest BCUT2D eigenvalue weighted by Gasteiger charge is -1.89. The smallest absolute Gasteiger partial charge is 0.0982 e. The molecule has 0 saturated heterocycles. The van der Waals surface area contributed by atoms with E-state index in [1.54, 1.807) is 22.7 Å². The second-order valence-electron chi connectivity index (χ2n) is 3.38. The van der Waals surface area contributed by atoms with Crippen molar-refractivity contribution >= 4 is 32.9 Å². The highest BCUT2D eigenvalue weighted by Crippen LogP contribution is 2.24. The van der Waals surface area contributed by atoms with Crippen LogP contribution >= 0.6 is 22.7 Å². The molecular weight excluding hydrogens is 222 g/mol. The van der Waals surface area contributed by atoms with Gasteiger partial charge in [0.25, 0.3) is 0 Å². The summed E-state index contributed by atoms with van der Waals surface area (Å²) in [4.78, 5) is 4.61. The minimum atomic E-state index is 0.961. The molecule has 0 atom stereocenters. The molecule has 0 bridgehead atoms. The summed E-state index contributed by atoms with van der Waals surface area (Å²) in [5.74, 6) is 0. The minimum Gasteiger partial charge on any atom is -0.241 e. The summed E-state index contributed by atoms with van der Waals surface area (Å²) in [5.41, 5.74) is 2.48. The SMILES string of the molecule is c1ccc2sc(Cc3ccsc3)nc2c1. The highest BCUT2D eigenvalue weighted by molar-refractivity contribution is 7.18. The molecule has 0 aliphatic rings. The van der Waals surface area contributed by atoms with Crippen LogP contribution in [0.2, 0.25) is 0 Å². The van der Waals surface area contributed by atoms with Gasteiger partial charge < -0.3 is 0 Å². The van der Waals surface area contributed by atoms with Crippen LogP contribution in [-0.2, 0) is 6.42 Å². The molecule has 0 spiro atoms. The van der Waals surface area contributed by atoms with Crippen molar-refractivity contribution in [1.29, 1.82) is 0 Å². The Hall–Kier alpha value is -1.19. The second-order valence-corrected chi connectivity index (χ2v) is 5.28. The largest absolute Gasteiger partial charge is 0.241 e. The average Bonchev–Trinajstić information content (AvgIpc) is 2.86. The summed E-state index contributed by atoms with van der Waals surface area (Å²) in [6.07, 6.45) is 0.961. The van der Waals surface area contributed by atoms with Gasteiger partial charge >= 0.3 is 0 Å². The Kier molecular flexibility index (Phi) is 2.27. The Morgan fingerprint density at radius 2 is 2.07 bits per heavy atom. The van der Waals surface area contributed by atoms with Crippen molar-refractivity contribution < 1.29 is 0 Å². The zero-order valence-electron chi connectivity index (χ0n) is 8.01. The average molecular weight is 231 g/mol. The van der Waals surface area contributed by atoms with Crippen LogP contribution < -0.4 is 0 Å². The number of thiazole rings is 1. The number of nitrogens with zero attached hydrogens (tertiary/aromatic N) is 1. The number of aromatic nitrogens is 1. The first-order valence-electron chi connectivity index (χ1n) is 4.77. The number of rotatable bonds is 2. The van der Waals surface area contributed by atoms with Crippen LogP contribution in [0.1, 0.15) is 10.6 Å². The number of thiophene rings is 1. The Balaban J connectivity index is 1.98. The highest BCUT2D eigenvalue weighted by atomic mass is 32.1. The lowest BCUT2D eigenvalue weighted by molar-refractivity contribution is 1.17. The molecule has 15 heavy (non-hydrogen) atoms. The summed E-state index contributed by atoms with van der Waals surface area (Å²) < 4.78 is 1.28. The fourth-order valence-electron chi connectivity index (χ4n) is 1.56. The van der Waals surface area contributed by atoms with Gasteiger partial charge in [0.05, 0.1) is 15.2 Å². The van der Waals surface area contributed by atoms with Gasteiger partial charge in [-0.2, -0.15) is 11.3 Å². The van der Waals surface area contributed by atoms with Gasteiger partial charge in [0.15, 0.2) is 0 Å². The Morgan fingerprint density at radius 3 is 2.87 bits per heavy atom. The topological polar surface area (TPSA) is 12.9 Å². The monoisotopic (exact) mass is 231 g/mol. The molecule has 0 saturated carbocycles. The molecule has 0 unspecified atom stereocenters. The fourth-order valence-corrected chi connectivity index (χ4v) is 3.23. The van der Waals surface area contributed by atoms with Crippen molar-refractivity contribution in [2.24, 2.45) is 0 Å². The van der Waals surface area contributed by atoms with Gasteiger partial charge in [-0.05, 0) is 34.5 Å². The van der Waals surface area contributed by atoms with Gasteiger partial charge in [0.1, 0.15) is 0 Å². The van der Waals surface area contributed by atoms with Crippen molar-refractivity contribution in [2.75, 3.05) is 0 Å². The zero-order chi connectivity index (χ0) is 10.1. The van der Waals surface area contributed by atoms with E-state index in [9.17, 15) is 0 Å². The quantitative estimate of drug-likeness (QED) is 0.651. The van der Waals surface area contributed by atoms with Gasteiger partial charge in [0, 0.05) is 6.42 Å². The Bertz CT molecular complexity index is 533. The maximum atomic E-state index is 4.61. The first-order chi connectivity index (χ1) is 7.42. The van der Waals surface area contributed by atoms with Crippen LogP contribution in [0, 0.1) is 0 Å². The molecule has 0 aliphatic carbocycles. The van der Waals surface area contributed by atoms with Crippen molar-refractivity contribution in [3.8, 4) is 0 Å². The molecule has 2 aromatic heterocycles. The number of hydrogen-bond donors (Lipinski definition) is 0. The third kappa shape index (κ3) is 1.80. The van der Waals surface area contributed by atoms with Crippen molar-refractivity contribution in [3.63, 3.8) is 0 Å². The molecule has 0 N–H and O–H groups in total. The molecular formula is C12H9NS2. The van der Waals surface area contributed by atoms with E-state index in [2.05, 4.69) is 40.0 Å². The number of fused-ring (bicyclic) bond motifs is 1.